The topological polar surface area (TPSA) is 38.3 Å². The van der Waals surface area contributed by atoms with E-state index in [1.165, 1.54) is 0 Å². The Balaban J connectivity index is 2.22. The second-order valence-electron chi connectivity index (χ2n) is 3.86. The first-order valence-corrected chi connectivity index (χ1v) is 6.79. The maximum absolute atomic E-state index is 12.2. The molecule has 0 aliphatic heterocycles. The molecule has 0 aromatic heterocycles. The molecule has 0 unspecified atom stereocenters. The molecular weight excluding hydrogens is 306 g/mol. The molecular formula is C15H14BrNO2. The van der Waals surface area contributed by atoms with E-state index in [9.17, 15) is 4.79 Å². The number of nitrogens with one attached hydrogen (secondary N) is 1. The molecule has 19 heavy (non-hydrogen) atoms. The number of rotatable bonds is 4. The number of benzene rings is 2. The molecule has 0 aliphatic rings. The molecule has 2 rings (SSSR count). The molecule has 0 saturated heterocycles. The lowest BCUT2D eigenvalue weighted by Gasteiger charge is -2.11. The molecule has 98 valence electrons. The summed E-state index contributed by atoms with van der Waals surface area (Å²) < 4.78 is 6.24. The van der Waals surface area contributed by atoms with E-state index in [4.69, 9.17) is 4.74 Å². The molecule has 3 nitrogen and oxygen atoms in total. The van der Waals surface area contributed by atoms with Crippen LogP contribution in [0, 0.1) is 0 Å². The van der Waals surface area contributed by atoms with Crippen LogP contribution in [-0.4, -0.2) is 12.5 Å². The Bertz CT molecular complexity index is 584. The Kier molecular flexibility index (Phi) is 4.58. The highest BCUT2D eigenvalue weighted by Crippen LogP contribution is 2.25. The van der Waals surface area contributed by atoms with Crippen molar-refractivity contribution in [2.24, 2.45) is 0 Å². The van der Waals surface area contributed by atoms with Crippen molar-refractivity contribution in [1.29, 1.82) is 0 Å². The highest BCUT2D eigenvalue weighted by atomic mass is 79.9. The van der Waals surface area contributed by atoms with Crippen molar-refractivity contribution in [2.45, 2.75) is 6.92 Å². The van der Waals surface area contributed by atoms with Gasteiger partial charge in [0.15, 0.2) is 0 Å². The molecule has 2 aromatic rings. The summed E-state index contributed by atoms with van der Waals surface area (Å²) in [6.07, 6.45) is 0. The Hall–Kier alpha value is -1.81. The first-order chi connectivity index (χ1) is 9.22. The van der Waals surface area contributed by atoms with Gasteiger partial charge in [-0.25, -0.2) is 0 Å². The maximum Gasteiger partial charge on any atom is 0.256 e. The quantitative estimate of drug-likeness (QED) is 0.921. The van der Waals surface area contributed by atoms with E-state index in [-0.39, 0.29) is 5.91 Å². The van der Waals surface area contributed by atoms with Crippen LogP contribution >= 0.6 is 15.9 Å². The van der Waals surface area contributed by atoms with E-state index in [1.807, 2.05) is 49.4 Å². The molecule has 0 aliphatic carbocycles. The normalized spacial score (nSPS) is 10.0. The lowest BCUT2D eigenvalue weighted by Crippen LogP contribution is -2.13. The molecule has 0 saturated carbocycles. The number of para-hydroxylation sites is 2. The van der Waals surface area contributed by atoms with Gasteiger partial charge in [0, 0.05) is 4.47 Å². The molecule has 0 heterocycles. The van der Waals surface area contributed by atoms with Gasteiger partial charge >= 0.3 is 0 Å². The fourth-order valence-electron chi connectivity index (χ4n) is 1.69. The predicted molar refractivity (Wildman–Crippen MR) is 79.7 cm³/mol. The van der Waals surface area contributed by atoms with Gasteiger partial charge in [-0.2, -0.15) is 0 Å². The summed E-state index contributed by atoms with van der Waals surface area (Å²) >= 11 is 3.37. The van der Waals surface area contributed by atoms with Crippen LogP contribution in [0.1, 0.15) is 17.3 Å². The third-order valence-electron chi connectivity index (χ3n) is 2.55. The SMILES string of the molecule is CCOc1ccccc1NC(=O)c1ccccc1Br. The van der Waals surface area contributed by atoms with Gasteiger partial charge in [0.05, 0.1) is 17.9 Å². The lowest BCUT2D eigenvalue weighted by atomic mass is 10.2. The summed E-state index contributed by atoms with van der Waals surface area (Å²) in [6.45, 7) is 2.47. The Morgan fingerprint density at radius 2 is 1.84 bits per heavy atom. The third kappa shape index (κ3) is 3.35. The van der Waals surface area contributed by atoms with Crippen molar-refractivity contribution in [3.05, 3.63) is 58.6 Å². The maximum atomic E-state index is 12.2. The second kappa shape index (κ2) is 6.38. The number of hydrogen-bond donors (Lipinski definition) is 1. The van der Waals surface area contributed by atoms with Gasteiger partial charge in [-0.15, -0.1) is 0 Å². The Labute approximate surface area is 120 Å². The summed E-state index contributed by atoms with van der Waals surface area (Å²) in [7, 11) is 0. The van der Waals surface area contributed by atoms with E-state index < -0.39 is 0 Å². The van der Waals surface area contributed by atoms with Crippen molar-refractivity contribution in [2.75, 3.05) is 11.9 Å². The Morgan fingerprint density at radius 1 is 1.16 bits per heavy atom. The van der Waals surface area contributed by atoms with Crippen molar-refractivity contribution >= 4 is 27.5 Å². The number of hydrogen-bond acceptors (Lipinski definition) is 2. The van der Waals surface area contributed by atoms with Crippen LogP contribution in [0.4, 0.5) is 5.69 Å². The first-order valence-electron chi connectivity index (χ1n) is 6.00. The van der Waals surface area contributed by atoms with Crippen LogP contribution in [0.5, 0.6) is 5.75 Å². The van der Waals surface area contributed by atoms with Gasteiger partial charge in [-0.1, -0.05) is 24.3 Å². The van der Waals surface area contributed by atoms with Crippen molar-refractivity contribution < 1.29 is 9.53 Å². The molecule has 1 N–H and O–H groups in total. The summed E-state index contributed by atoms with van der Waals surface area (Å²) in [4.78, 5) is 12.2. The minimum absolute atomic E-state index is 0.167. The highest BCUT2D eigenvalue weighted by Gasteiger charge is 2.11. The summed E-state index contributed by atoms with van der Waals surface area (Å²) in [6, 6.07) is 14.7. The smallest absolute Gasteiger partial charge is 0.256 e. The zero-order valence-corrected chi connectivity index (χ0v) is 12.1. The average Bonchev–Trinajstić information content (AvgIpc) is 2.41. The molecule has 0 radical (unpaired) electrons. The van der Waals surface area contributed by atoms with Crippen LogP contribution in [0.3, 0.4) is 0 Å². The zero-order valence-electron chi connectivity index (χ0n) is 10.5. The number of ether oxygens (including phenoxy) is 1. The largest absolute Gasteiger partial charge is 0.492 e. The Morgan fingerprint density at radius 3 is 2.58 bits per heavy atom. The van der Waals surface area contributed by atoms with Crippen LogP contribution in [-0.2, 0) is 0 Å². The van der Waals surface area contributed by atoms with Gasteiger partial charge in [-0.3, -0.25) is 4.79 Å². The fraction of sp³-hybridized carbons (Fsp3) is 0.133. The van der Waals surface area contributed by atoms with Crippen molar-refractivity contribution in [3.63, 3.8) is 0 Å². The van der Waals surface area contributed by atoms with Crippen molar-refractivity contribution in [1.82, 2.24) is 0 Å². The summed E-state index contributed by atoms with van der Waals surface area (Å²) in [5.41, 5.74) is 1.26. The standard InChI is InChI=1S/C15H14BrNO2/c1-2-19-14-10-6-5-9-13(14)17-15(18)11-7-3-4-8-12(11)16/h3-10H,2H2,1H3,(H,17,18). The fourth-order valence-corrected chi connectivity index (χ4v) is 2.15. The van der Waals surface area contributed by atoms with Crippen molar-refractivity contribution in [3.8, 4) is 5.75 Å². The van der Waals surface area contributed by atoms with Gasteiger partial charge in [0.25, 0.3) is 5.91 Å². The van der Waals surface area contributed by atoms with Crippen LogP contribution < -0.4 is 10.1 Å². The molecule has 0 bridgehead atoms. The predicted octanol–water partition coefficient (Wildman–Crippen LogP) is 4.10. The van der Waals surface area contributed by atoms with Gasteiger partial charge in [0.1, 0.15) is 5.75 Å². The second-order valence-corrected chi connectivity index (χ2v) is 4.72. The van der Waals surface area contributed by atoms with E-state index in [0.717, 1.165) is 4.47 Å². The molecule has 2 aromatic carbocycles. The van der Waals surface area contributed by atoms with E-state index in [2.05, 4.69) is 21.2 Å². The molecule has 4 heteroatoms. The highest BCUT2D eigenvalue weighted by molar-refractivity contribution is 9.10. The van der Waals surface area contributed by atoms with E-state index in [0.29, 0.717) is 23.6 Å². The van der Waals surface area contributed by atoms with Gasteiger partial charge < -0.3 is 10.1 Å². The molecule has 1 amide bonds. The first kappa shape index (κ1) is 13.6. The number of carbonyl (C=O) groups excluding carboxylic acids is 1. The minimum Gasteiger partial charge on any atom is -0.492 e. The number of anilines is 1. The minimum atomic E-state index is -0.167. The molecule has 0 atom stereocenters. The monoisotopic (exact) mass is 319 g/mol. The number of carbonyl (C=O) groups is 1. The van der Waals surface area contributed by atoms with Crippen LogP contribution in [0.25, 0.3) is 0 Å². The molecule has 0 spiro atoms. The molecule has 0 fully saturated rings. The summed E-state index contributed by atoms with van der Waals surface area (Å²) in [5.74, 6) is 0.505. The van der Waals surface area contributed by atoms with Gasteiger partial charge in [0.2, 0.25) is 0 Å². The number of amides is 1. The van der Waals surface area contributed by atoms with E-state index in [1.54, 1.807) is 6.07 Å². The average molecular weight is 320 g/mol. The van der Waals surface area contributed by atoms with Gasteiger partial charge in [-0.05, 0) is 47.1 Å². The van der Waals surface area contributed by atoms with Crippen LogP contribution in [0.15, 0.2) is 53.0 Å². The third-order valence-corrected chi connectivity index (χ3v) is 3.25. The lowest BCUT2D eigenvalue weighted by molar-refractivity contribution is 0.102. The van der Waals surface area contributed by atoms with Crippen LogP contribution in [0.2, 0.25) is 0 Å². The summed E-state index contributed by atoms with van der Waals surface area (Å²) in [5, 5.41) is 2.86. The zero-order chi connectivity index (χ0) is 13.7. The number of halogens is 1. The van der Waals surface area contributed by atoms with E-state index >= 15 is 0 Å².